The van der Waals surface area contributed by atoms with Gasteiger partial charge < -0.3 is 10.0 Å². The number of thiophene rings is 2. The Hall–Kier alpha value is -1.17. The first-order valence-corrected chi connectivity index (χ1v) is 9.58. The SMILES string of the molecule is O=C(CCc1ccsc1)N1CCCC1CC(O)c1cccs1. The summed E-state index contributed by atoms with van der Waals surface area (Å²) in [6.07, 6.45) is 3.65. The van der Waals surface area contributed by atoms with Crippen molar-refractivity contribution >= 4 is 28.6 Å². The van der Waals surface area contributed by atoms with E-state index >= 15 is 0 Å². The molecule has 0 bridgehead atoms. The summed E-state index contributed by atoms with van der Waals surface area (Å²) in [4.78, 5) is 15.5. The second-order valence-electron chi connectivity index (χ2n) is 5.78. The first-order chi connectivity index (χ1) is 10.7. The highest BCUT2D eigenvalue weighted by atomic mass is 32.1. The van der Waals surface area contributed by atoms with Gasteiger partial charge in [-0.25, -0.2) is 0 Å². The number of hydrogen-bond acceptors (Lipinski definition) is 4. The highest BCUT2D eigenvalue weighted by Crippen LogP contribution is 2.30. The van der Waals surface area contributed by atoms with Gasteiger partial charge in [0.25, 0.3) is 0 Å². The monoisotopic (exact) mass is 335 g/mol. The van der Waals surface area contributed by atoms with Gasteiger partial charge >= 0.3 is 0 Å². The number of rotatable bonds is 6. The molecule has 0 aromatic carbocycles. The predicted octanol–water partition coefficient (Wildman–Crippen LogP) is 3.86. The van der Waals surface area contributed by atoms with Crippen LogP contribution in [0.4, 0.5) is 0 Å². The van der Waals surface area contributed by atoms with Crippen molar-refractivity contribution in [3.63, 3.8) is 0 Å². The van der Waals surface area contributed by atoms with Gasteiger partial charge in [0.15, 0.2) is 0 Å². The van der Waals surface area contributed by atoms with Crippen LogP contribution in [0, 0.1) is 0 Å². The number of aliphatic hydroxyl groups excluding tert-OH is 1. The molecule has 1 amide bonds. The van der Waals surface area contributed by atoms with Crippen LogP contribution < -0.4 is 0 Å². The van der Waals surface area contributed by atoms with Crippen molar-refractivity contribution in [2.75, 3.05) is 6.54 Å². The Morgan fingerprint density at radius 3 is 3.05 bits per heavy atom. The maximum absolute atomic E-state index is 12.5. The molecule has 2 aromatic heterocycles. The zero-order chi connectivity index (χ0) is 15.4. The van der Waals surface area contributed by atoms with Crippen molar-refractivity contribution in [3.8, 4) is 0 Å². The van der Waals surface area contributed by atoms with Crippen molar-refractivity contribution in [2.24, 2.45) is 0 Å². The van der Waals surface area contributed by atoms with Crippen molar-refractivity contribution in [1.29, 1.82) is 0 Å². The van der Waals surface area contributed by atoms with E-state index in [-0.39, 0.29) is 11.9 Å². The Bertz CT molecular complexity index is 580. The third-order valence-electron chi connectivity index (χ3n) is 4.27. The number of nitrogens with zero attached hydrogens (tertiary/aromatic N) is 1. The lowest BCUT2D eigenvalue weighted by Gasteiger charge is -2.26. The van der Waals surface area contributed by atoms with Crippen LogP contribution >= 0.6 is 22.7 Å². The quantitative estimate of drug-likeness (QED) is 0.871. The Morgan fingerprint density at radius 1 is 1.41 bits per heavy atom. The summed E-state index contributed by atoms with van der Waals surface area (Å²) in [5, 5.41) is 16.5. The summed E-state index contributed by atoms with van der Waals surface area (Å²) >= 11 is 3.25. The molecule has 1 aliphatic heterocycles. The molecule has 118 valence electrons. The highest BCUT2D eigenvalue weighted by molar-refractivity contribution is 7.10. The van der Waals surface area contributed by atoms with Gasteiger partial charge in [-0.3, -0.25) is 4.79 Å². The minimum Gasteiger partial charge on any atom is -0.387 e. The van der Waals surface area contributed by atoms with E-state index in [1.807, 2.05) is 22.4 Å². The Morgan fingerprint density at radius 2 is 2.32 bits per heavy atom. The van der Waals surface area contributed by atoms with E-state index in [0.717, 1.165) is 30.7 Å². The number of hydrogen-bond donors (Lipinski definition) is 1. The largest absolute Gasteiger partial charge is 0.387 e. The number of aliphatic hydroxyl groups is 1. The lowest BCUT2D eigenvalue weighted by molar-refractivity contribution is -0.132. The molecule has 0 spiro atoms. The van der Waals surface area contributed by atoms with Gasteiger partial charge in [-0.05, 0) is 59.5 Å². The van der Waals surface area contributed by atoms with Crippen LogP contribution in [0.5, 0.6) is 0 Å². The van der Waals surface area contributed by atoms with E-state index < -0.39 is 6.10 Å². The van der Waals surface area contributed by atoms with Crippen LogP contribution in [0.15, 0.2) is 34.3 Å². The normalized spacial score (nSPS) is 19.5. The standard InChI is InChI=1S/C17H21NO2S2/c19-15(16-4-2-9-22-16)11-14-3-1-8-18(14)17(20)6-5-13-7-10-21-12-13/h2,4,7,9-10,12,14-15,19H,1,3,5-6,8,11H2. The van der Waals surface area contributed by atoms with Crippen LogP contribution in [0.3, 0.4) is 0 Å². The summed E-state index contributed by atoms with van der Waals surface area (Å²) < 4.78 is 0. The summed E-state index contributed by atoms with van der Waals surface area (Å²) in [5.74, 6) is 0.229. The van der Waals surface area contributed by atoms with E-state index in [2.05, 4.69) is 16.8 Å². The zero-order valence-electron chi connectivity index (χ0n) is 12.5. The van der Waals surface area contributed by atoms with Crippen LogP contribution in [0.2, 0.25) is 0 Å². The second-order valence-corrected chi connectivity index (χ2v) is 7.54. The van der Waals surface area contributed by atoms with Crippen molar-refractivity contribution in [3.05, 3.63) is 44.8 Å². The Balaban J connectivity index is 1.54. The number of likely N-dealkylation sites (tertiary alicyclic amines) is 1. The predicted molar refractivity (Wildman–Crippen MR) is 91.3 cm³/mol. The average Bonchev–Trinajstić information content (AvgIpc) is 3.25. The third-order valence-corrected chi connectivity index (χ3v) is 5.98. The fourth-order valence-electron chi connectivity index (χ4n) is 3.09. The van der Waals surface area contributed by atoms with E-state index in [1.54, 1.807) is 22.7 Å². The molecule has 2 unspecified atom stereocenters. The molecule has 2 aromatic rings. The molecule has 3 heterocycles. The molecule has 22 heavy (non-hydrogen) atoms. The Labute approximate surface area is 139 Å². The maximum Gasteiger partial charge on any atom is 0.223 e. The highest BCUT2D eigenvalue weighted by Gasteiger charge is 2.30. The molecule has 1 aliphatic rings. The van der Waals surface area contributed by atoms with Crippen molar-refractivity contribution in [2.45, 2.75) is 44.2 Å². The van der Waals surface area contributed by atoms with Gasteiger partial charge in [0.1, 0.15) is 0 Å². The number of carbonyl (C=O) groups excluding carboxylic acids is 1. The summed E-state index contributed by atoms with van der Waals surface area (Å²) in [7, 11) is 0. The van der Waals surface area contributed by atoms with E-state index in [4.69, 9.17) is 0 Å². The topological polar surface area (TPSA) is 40.5 Å². The first-order valence-electron chi connectivity index (χ1n) is 7.76. The third kappa shape index (κ3) is 3.77. The number of aryl methyl sites for hydroxylation is 1. The minimum atomic E-state index is -0.449. The smallest absolute Gasteiger partial charge is 0.223 e. The van der Waals surface area contributed by atoms with Crippen molar-refractivity contribution < 1.29 is 9.90 Å². The zero-order valence-corrected chi connectivity index (χ0v) is 14.1. The molecule has 3 rings (SSSR count). The Kier molecular flexibility index (Phi) is 5.28. The molecule has 1 fully saturated rings. The van der Waals surface area contributed by atoms with Gasteiger partial charge in [0.2, 0.25) is 5.91 Å². The molecule has 2 atom stereocenters. The molecular weight excluding hydrogens is 314 g/mol. The van der Waals surface area contributed by atoms with Crippen LogP contribution in [0.1, 0.15) is 42.2 Å². The van der Waals surface area contributed by atoms with Gasteiger partial charge in [-0.15, -0.1) is 11.3 Å². The lowest BCUT2D eigenvalue weighted by atomic mass is 10.1. The van der Waals surface area contributed by atoms with Crippen LogP contribution in [0.25, 0.3) is 0 Å². The van der Waals surface area contributed by atoms with E-state index in [0.29, 0.717) is 12.8 Å². The molecule has 0 saturated carbocycles. The molecule has 1 N–H and O–H groups in total. The van der Waals surface area contributed by atoms with Gasteiger partial charge in [-0.2, -0.15) is 11.3 Å². The second kappa shape index (κ2) is 7.40. The van der Waals surface area contributed by atoms with Gasteiger partial charge in [0.05, 0.1) is 6.10 Å². The van der Waals surface area contributed by atoms with Gasteiger partial charge in [-0.1, -0.05) is 6.07 Å². The molecule has 0 radical (unpaired) electrons. The molecule has 3 nitrogen and oxygen atoms in total. The molecule has 5 heteroatoms. The number of amides is 1. The summed E-state index contributed by atoms with van der Waals surface area (Å²) in [5.41, 5.74) is 1.24. The maximum atomic E-state index is 12.5. The summed E-state index contributed by atoms with van der Waals surface area (Å²) in [6, 6.07) is 6.20. The van der Waals surface area contributed by atoms with Gasteiger partial charge in [0, 0.05) is 23.9 Å². The lowest BCUT2D eigenvalue weighted by Crippen LogP contribution is -2.36. The average molecular weight is 335 g/mol. The molecular formula is C17H21NO2S2. The van der Waals surface area contributed by atoms with Crippen molar-refractivity contribution in [1.82, 2.24) is 4.90 Å². The fraction of sp³-hybridized carbons (Fsp3) is 0.471. The van der Waals surface area contributed by atoms with Crippen LogP contribution in [-0.4, -0.2) is 28.5 Å². The van der Waals surface area contributed by atoms with E-state index in [9.17, 15) is 9.90 Å². The summed E-state index contributed by atoms with van der Waals surface area (Å²) in [6.45, 7) is 0.838. The van der Waals surface area contributed by atoms with Crippen LogP contribution in [-0.2, 0) is 11.2 Å². The first kappa shape index (κ1) is 15.7. The van der Waals surface area contributed by atoms with E-state index in [1.165, 1.54) is 5.56 Å². The molecule has 1 saturated heterocycles. The number of carbonyl (C=O) groups is 1. The minimum absolute atomic E-state index is 0.187. The fourth-order valence-corrected chi connectivity index (χ4v) is 4.52. The molecule has 0 aliphatic carbocycles.